The maximum atomic E-state index is 12.2. The molecular formula is C16H15NO4. The Balaban J connectivity index is 2.20. The lowest BCUT2D eigenvalue weighted by atomic mass is 10.1. The van der Waals surface area contributed by atoms with E-state index < -0.39 is 5.97 Å². The van der Waals surface area contributed by atoms with Crippen molar-refractivity contribution in [2.24, 2.45) is 0 Å². The summed E-state index contributed by atoms with van der Waals surface area (Å²) in [4.78, 5) is 24.8. The number of phenolic OH excluding ortho intramolecular Hbond substituents is 1. The van der Waals surface area contributed by atoms with Gasteiger partial charge in [-0.1, -0.05) is 24.3 Å². The normalized spacial score (nSPS) is 10.1. The molecule has 0 radical (unpaired) electrons. The third-order valence-electron chi connectivity index (χ3n) is 3.16. The average molecular weight is 285 g/mol. The number of hydrogen-bond acceptors (Lipinski definition) is 3. The predicted octanol–water partition coefficient (Wildman–Crippen LogP) is 2.30. The molecule has 0 unspecified atom stereocenters. The summed E-state index contributed by atoms with van der Waals surface area (Å²) in [5.41, 5.74) is 1.19. The Morgan fingerprint density at radius 1 is 1.05 bits per heavy atom. The molecule has 5 nitrogen and oxygen atoms in total. The van der Waals surface area contributed by atoms with Crippen molar-refractivity contribution in [3.05, 3.63) is 59.7 Å². The number of hydrogen-bond donors (Lipinski definition) is 2. The molecule has 0 bridgehead atoms. The number of phenols is 1. The van der Waals surface area contributed by atoms with Gasteiger partial charge in [-0.15, -0.1) is 0 Å². The molecule has 0 saturated carbocycles. The number of nitrogens with zero attached hydrogens (tertiary/aromatic N) is 1. The number of aromatic hydroxyl groups is 1. The molecule has 2 aromatic carbocycles. The monoisotopic (exact) mass is 285 g/mol. The van der Waals surface area contributed by atoms with Gasteiger partial charge < -0.3 is 15.1 Å². The first-order valence-corrected chi connectivity index (χ1v) is 6.36. The number of anilines is 1. The van der Waals surface area contributed by atoms with Crippen LogP contribution in [0.2, 0.25) is 0 Å². The highest BCUT2D eigenvalue weighted by molar-refractivity contribution is 6.02. The molecule has 0 saturated heterocycles. The van der Waals surface area contributed by atoms with Crippen LogP contribution < -0.4 is 4.90 Å². The number of benzene rings is 2. The third kappa shape index (κ3) is 3.39. The lowest BCUT2D eigenvalue weighted by molar-refractivity contribution is -0.117. The highest BCUT2D eigenvalue weighted by Gasteiger charge is 2.17. The zero-order valence-electron chi connectivity index (χ0n) is 11.5. The summed E-state index contributed by atoms with van der Waals surface area (Å²) in [5.74, 6) is -1.17. The van der Waals surface area contributed by atoms with E-state index in [4.69, 9.17) is 5.11 Å². The first-order valence-electron chi connectivity index (χ1n) is 6.36. The highest BCUT2D eigenvalue weighted by atomic mass is 16.4. The van der Waals surface area contributed by atoms with Gasteiger partial charge in [0.2, 0.25) is 5.91 Å². The highest BCUT2D eigenvalue weighted by Crippen LogP contribution is 2.20. The molecule has 2 rings (SSSR count). The first-order chi connectivity index (χ1) is 9.99. The van der Waals surface area contributed by atoms with Gasteiger partial charge in [-0.2, -0.15) is 0 Å². The number of carbonyl (C=O) groups is 2. The summed E-state index contributed by atoms with van der Waals surface area (Å²) in [6, 6.07) is 12.7. The van der Waals surface area contributed by atoms with Gasteiger partial charge in [0.15, 0.2) is 0 Å². The second-order valence-electron chi connectivity index (χ2n) is 4.62. The minimum atomic E-state index is -1.07. The van der Waals surface area contributed by atoms with E-state index in [0.29, 0.717) is 5.69 Å². The Hall–Kier alpha value is -2.82. The second-order valence-corrected chi connectivity index (χ2v) is 4.62. The maximum Gasteiger partial charge on any atom is 0.337 e. The summed E-state index contributed by atoms with van der Waals surface area (Å²) < 4.78 is 0. The second kappa shape index (κ2) is 6.09. The summed E-state index contributed by atoms with van der Waals surface area (Å²) in [7, 11) is 1.55. The summed E-state index contributed by atoms with van der Waals surface area (Å²) in [6.07, 6.45) is 0.130. The molecule has 0 aliphatic rings. The quantitative estimate of drug-likeness (QED) is 0.903. The number of amides is 1. The van der Waals surface area contributed by atoms with Gasteiger partial charge in [0.25, 0.3) is 0 Å². The van der Waals surface area contributed by atoms with Crippen LogP contribution in [0, 0.1) is 0 Å². The van der Waals surface area contributed by atoms with Gasteiger partial charge in [-0.05, 0) is 29.8 Å². The number of rotatable bonds is 4. The van der Waals surface area contributed by atoms with Crippen molar-refractivity contribution in [1.82, 2.24) is 0 Å². The zero-order chi connectivity index (χ0) is 15.4. The summed E-state index contributed by atoms with van der Waals surface area (Å²) in [6.45, 7) is 0. The Bertz CT molecular complexity index is 664. The molecule has 1 amide bonds. The minimum Gasteiger partial charge on any atom is -0.508 e. The lowest BCUT2D eigenvalue weighted by Crippen LogP contribution is -2.29. The molecule has 2 aromatic rings. The van der Waals surface area contributed by atoms with Gasteiger partial charge >= 0.3 is 5.97 Å². The van der Waals surface area contributed by atoms with Crippen molar-refractivity contribution in [2.45, 2.75) is 6.42 Å². The van der Waals surface area contributed by atoms with E-state index in [9.17, 15) is 14.7 Å². The van der Waals surface area contributed by atoms with Crippen LogP contribution in [0.15, 0.2) is 48.5 Å². The van der Waals surface area contributed by atoms with E-state index in [-0.39, 0.29) is 23.6 Å². The number of carboxylic acid groups (broad SMARTS) is 1. The molecule has 0 aliphatic carbocycles. The molecule has 0 spiro atoms. The fourth-order valence-electron chi connectivity index (χ4n) is 1.99. The van der Waals surface area contributed by atoms with Crippen LogP contribution in [0.4, 0.5) is 5.69 Å². The standard InChI is InChI=1S/C16H15NO4/c1-17(14-5-3-2-4-13(14)16(20)21)15(19)10-11-6-8-12(18)9-7-11/h2-9,18H,10H2,1H3,(H,20,21). The summed E-state index contributed by atoms with van der Waals surface area (Å²) >= 11 is 0. The van der Waals surface area contributed by atoms with Crippen molar-refractivity contribution >= 4 is 17.6 Å². The van der Waals surface area contributed by atoms with Crippen LogP contribution in [-0.2, 0) is 11.2 Å². The zero-order valence-corrected chi connectivity index (χ0v) is 11.5. The van der Waals surface area contributed by atoms with Crippen molar-refractivity contribution in [3.8, 4) is 5.75 Å². The predicted molar refractivity (Wildman–Crippen MR) is 78.6 cm³/mol. The number of carboxylic acids is 1. The largest absolute Gasteiger partial charge is 0.508 e. The van der Waals surface area contributed by atoms with Crippen LogP contribution in [-0.4, -0.2) is 29.1 Å². The van der Waals surface area contributed by atoms with Gasteiger partial charge in [-0.3, -0.25) is 4.79 Å². The van der Waals surface area contributed by atoms with Gasteiger partial charge in [0.05, 0.1) is 17.7 Å². The van der Waals surface area contributed by atoms with Crippen molar-refractivity contribution < 1.29 is 19.8 Å². The van der Waals surface area contributed by atoms with Gasteiger partial charge in [0.1, 0.15) is 5.75 Å². The molecule has 21 heavy (non-hydrogen) atoms. The van der Waals surface area contributed by atoms with Crippen molar-refractivity contribution in [3.63, 3.8) is 0 Å². The number of aromatic carboxylic acids is 1. The van der Waals surface area contributed by atoms with E-state index >= 15 is 0 Å². The SMILES string of the molecule is CN(C(=O)Cc1ccc(O)cc1)c1ccccc1C(=O)O. The molecule has 5 heteroatoms. The summed E-state index contributed by atoms with van der Waals surface area (Å²) in [5, 5.41) is 18.4. The Kier molecular flexibility index (Phi) is 4.23. The molecule has 108 valence electrons. The third-order valence-corrected chi connectivity index (χ3v) is 3.16. The van der Waals surface area contributed by atoms with E-state index in [1.807, 2.05) is 0 Å². The van der Waals surface area contributed by atoms with Crippen LogP contribution in [0.3, 0.4) is 0 Å². The maximum absolute atomic E-state index is 12.2. The van der Waals surface area contributed by atoms with E-state index in [2.05, 4.69) is 0 Å². The van der Waals surface area contributed by atoms with E-state index in [0.717, 1.165) is 5.56 Å². The van der Waals surface area contributed by atoms with Crippen molar-refractivity contribution in [1.29, 1.82) is 0 Å². The van der Waals surface area contributed by atoms with Crippen molar-refractivity contribution in [2.75, 3.05) is 11.9 Å². The van der Waals surface area contributed by atoms with E-state index in [1.54, 1.807) is 37.4 Å². The Morgan fingerprint density at radius 3 is 2.29 bits per heavy atom. The lowest BCUT2D eigenvalue weighted by Gasteiger charge is -2.19. The molecule has 0 atom stereocenters. The minimum absolute atomic E-state index is 0.0825. The smallest absolute Gasteiger partial charge is 0.337 e. The van der Waals surface area contributed by atoms with Crippen LogP contribution >= 0.6 is 0 Å². The Morgan fingerprint density at radius 2 is 1.67 bits per heavy atom. The van der Waals surface area contributed by atoms with Gasteiger partial charge in [0, 0.05) is 7.05 Å². The molecule has 2 N–H and O–H groups in total. The number of likely N-dealkylation sites (N-methyl/N-ethyl adjacent to an activating group) is 1. The fraction of sp³-hybridized carbons (Fsp3) is 0.125. The van der Waals surface area contributed by atoms with Crippen LogP contribution in [0.5, 0.6) is 5.75 Å². The molecule has 0 heterocycles. The first kappa shape index (κ1) is 14.6. The fourth-order valence-corrected chi connectivity index (χ4v) is 1.99. The number of carbonyl (C=O) groups excluding carboxylic acids is 1. The van der Waals surface area contributed by atoms with Crippen LogP contribution in [0.1, 0.15) is 15.9 Å². The average Bonchev–Trinajstić information content (AvgIpc) is 2.48. The molecule has 0 aromatic heterocycles. The molecule has 0 aliphatic heterocycles. The molecular weight excluding hydrogens is 270 g/mol. The molecule has 0 fully saturated rings. The Labute approximate surface area is 122 Å². The topological polar surface area (TPSA) is 77.8 Å². The number of para-hydroxylation sites is 1. The van der Waals surface area contributed by atoms with Gasteiger partial charge in [-0.25, -0.2) is 4.79 Å². The van der Waals surface area contributed by atoms with E-state index in [1.165, 1.54) is 23.1 Å². The van der Waals surface area contributed by atoms with Crippen LogP contribution in [0.25, 0.3) is 0 Å².